The maximum absolute atomic E-state index is 13.4. The van der Waals surface area contributed by atoms with Crippen LogP contribution in [-0.2, 0) is 6.42 Å². The number of nitrogens with zero attached hydrogens (tertiary/aromatic N) is 2. The van der Waals surface area contributed by atoms with Crippen LogP contribution < -0.4 is 9.47 Å². The van der Waals surface area contributed by atoms with Crippen molar-refractivity contribution >= 4 is 27.6 Å². The summed E-state index contributed by atoms with van der Waals surface area (Å²) in [6.45, 7) is 4.53. The van der Waals surface area contributed by atoms with E-state index in [0.717, 1.165) is 56.4 Å². The largest absolute Gasteiger partial charge is 0.454 e. The van der Waals surface area contributed by atoms with Crippen LogP contribution in [0.15, 0.2) is 48.7 Å². The molecule has 0 fully saturated rings. The molecule has 0 unspecified atom stereocenters. The first-order valence-electron chi connectivity index (χ1n) is 10.1. The number of fused-ring (bicyclic) bond motifs is 6. The average Bonchev–Trinajstić information content (AvgIpc) is 3.19. The summed E-state index contributed by atoms with van der Waals surface area (Å²) in [6, 6.07) is 13.8. The van der Waals surface area contributed by atoms with Crippen LogP contribution in [0.5, 0.6) is 11.5 Å². The Bertz CT molecular complexity index is 1370. The van der Waals surface area contributed by atoms with E-state index >= 15 is 0 Å². The highest BCUT2D eigenvalue weighted by Gasteiger charge is 2.35. The van der Waals surface area contributed by atoms with Crippen molar-refractivity contribution in [1.82, 2.24) is 9.97 Å². The standard InChI is InChI=1S/C25H20N2O3/c1-25(2)11-16-22-15-4-3-9-26-17(15)6-7-18(22)27-24(23(16)19(28)12-25)14-5-8-20-21(10-14)30-13-29-20/h3-10H,11-13H2,1-2H3. The molecule has 30 heavy (non-hydrogen) atoms. The van der Waals surface area contributed by atoms with E-state index in [-0.39, 0.29) is 18.0 Å². The van der Waals surface area contributed by atoms with Gasteiger partial charge in [-0.2, -0.15) is 0 Å². The molecule has 5 heteroatoms. The van der Waals surface area contributed by atoms with E-state index < -0.39 is 0 Å². The summed E-state index contributed by atoms with van der Waals surface area (Å²) in [5.41, 5.74) is 5.10. The van der Waals surface area contributed by atoms with Gasteiger partial charge in [0.1, 0.15) is 0 Å². The van der Waals surface area contributed by atoms with Gasteiger partial charge >= 0.3 is 0 Å². The minimum Gasteiger partial charge on any atom is -0.454 e. The SMILES string of the molecule is CC1(C)CC(=O)c2c(-c3ccc4c(c3)OCO4)nc3ccc4ncccc4c3c2C1. The predicted molar refractivity (Wildman–Crippen MR) is 115 cm³/mol. The first-order chi connectivity index (χ1) is 14.5. The average molecular weight is 396 g/mol. The fraction of sp³-hybridized carbons (Fsp3) is 0.240. The van der Waals surface area contributed by atoms with E-state index in [4.69, 9.17) is 14.5 Å². The molecule has 0 saturated heterocycles. The van der Waals surface area contributed by atoms with E-state index in [0.29, 0.717) is 12.2 Å². The van der Waals surface area contributed by atoms with E-state index in [1.165, 1.54) is 0 Å². The molecular formula is C25H20N2O3. The topological polar surface area (TPSA) is 61.3 Å². The van der Waals surface area contributed by atoms with Crippen molar-refractivity contribution in [2.75, 3.05) is 6.79 Å². The Hall–Kier alpha value is -3.47. The first-order valence-corrected chi connectivity index (χ1v) is 10.1. The third-order valence-corrected chi connectivity index (χ3v) is 6.05. The molecule has 0 N–H and O–H groups in total. The lowest BCUT2D eigenvalue weighted by Gasteiger charge is -2.32. The third kappa shape index (κ3) is 2.51. The maximum atomic E-state index is 13.4. The zero-order valence-corrected chi connectivity index (χ0v) is 16.9. The number of ketones is 1. The Kier molecular flexibility index (Phi) is 3.49. The molecule has 0 atom stereocenters. The number of aromatic nitrogens is 2. The highest BCUT2D eigenvalue weighted by atomic mass is 16.7. The van der Waals surface area contributed by atoms with Crippen molar-refractivity contribution in [1.29, 1.82) is 0 Å². The number of rotatable bonds is 1. The van der Waals surface area contributed by atoms with Gasteiger partial charge in [0, 0.05) is 34.5 Å². The zero-order chi connectivity index (χ0) is 20.5. The number of carbonyl (C=O) groups excluding carboxylic acids is 1. The van der Waals surface area contributed by atoms with Gasteiger partial charge in [0.15, 0.2) is 17.3 Å². The molecule has 4 aromatic rings. The summed E-state index contributed by atoms with van der Waals surface area (Å²) < 4.78 is 11.0. The molecule has 6 rings (SSSR count). The quantitative estimate of drug-likeness (QED) is 0.407. The fourth-order valence-electron chi connectivity index (χ4n) is 4.79. The molecule has 2 aliphatic rings. The second-order valence-corrected chi connectivity index (χ2v) is 8.85. The van der Waals surface area contributed by atoms with E-state index in [1.54, 1.807) is 6.20 Å². The third-order valence-electron chi connectivity index (χ3n) is 6.05. The van der Waals surface area contributed by atoms with Gasteiger partial charge in [-0.05, 0) is 53.8 Å². The molecule has 1 aliphatic carbocycles. The summed E-state index contributed by atoms with van der Waals surface area (Å²) in [5, 5.41) is 2.09. The minimum atomic E-state index is -0.102. The van der Waals surface area contributed by atoms with Crippen molar-refractivity contribution in [3.63, 3.8) is 0 Å². The second-order valence-electron chi connectivity index (χ2n) is 8.85. The van der Waals surface area contributed by atoms with Crippen LogP contribution in [0.3, 0.4) is 0 Å². The van der Waals surface area contributed by atoms with Crippen LogP contribution in [0.25, 0.3) is 33.1 Å². The van der Waals surface area contributed by atoms with Crippen molar-refractivity contribution in [3.8, 4) is 22.8 Å². The lowest BCUT2D eigenvalue weighted by Crippen LogP contribution is -2.28. The normalized spacial score (nSPS) is 16.8. The molecule has 0 saturated carbocycles. The number of pyridine rings is 2. The summed E-state index contributed by atoms with van der Waals surface area (Å²) in [4.78, 5) is 22.9. The molecule has 0 spiro atoms. The first kappa shape index (κ1) is 17.4. The van der Waals surface area contributed by atoms with Gasteiger partial charge < -0.3 is 9.47 Å². The summed E-state index contributed by atoms with van der Waals surface area (Å²) >= 11 is 0. The number of benzene rings is 2. The summed E-state index contributed by atoms with van der Waals surface area (Å²) in [7, 11) is 0. The fourth-order valence-corrected chi connectivity index (χ4v) is 4.79. The van der Waals surface area contributed by atoms with Crippen molar-refractivity contribution in [2.45, 2.75) is 26.7 Å². The summed E-state index contributed by atoms with van der Waals surface area (Å²) in [5.74, 6) is 1.55. The smallest absolute Gasteiger partial charge is 0.231 e. The van der Waals surface area contributed by atoms with Crippen molar-refractivity contribution in [3.05, 3.63) is 59.8 Å². The van der Waals surface area contributed by atoms with Crippen LogP contribution >= 0.6 is 0 Å². The second kappa shape index (κ2) is 6.02. The molecular weight excluding hydrogens is 376 g/mol. The maximum Gasteiger partial charge on any atom is 0.231 e. The van der Waals surface area contributed by atoms with E-state index in [1.807, 2.05) is 36.4 Å². The number of carbonyl (C=O) groups is 1. The van der Waals surface area contributed by atoms with Gasteiger partial charge in [-0.25, -0.2) is 4.98 Å². The molecule has 0 bridgehead atoms. The monoisotopic (exact) mass is 396 g/mol. The van der Waals surface area contributed by atoms with Crippen LogP contribution in [0, 0.1) is 5.41 Å². The Labute approximate surface area is 173 Å². The van der Waals surface area contributed by atoms with Gasteiger partial charge in [0.05, 0.1) is 16.7 Å². The lowest BCUT2D eigenvalue weighted by molar-refractivity contribution is 0.0913. The molecule has 5 nitrogen and oxygen atoms in total. The van der Waals surface area contributed by atoms with E-state index in [9.17, 15) is 4.79 Å². The molecule has 2 aromatic carbocycles. The van der Waals surface area contributed by atoms with Gasteiger partial charge in [0.2, 0.25) is 6.79 Å². The van der Waals surface area contributed by atoms with Gasteiger partial charge in [-0.3, -0.25) is 9.78 Å². The molecule has 2 aromatic heterocycles. The van der Waals surface area contributed by atoms with Crippen LogP contribution in [0.4, 0.5) is 0 Å². The van der Waals surface area contributed by atoms with Gasteiger partial charge in [-0.15, -0.1) is 0 Å². The Morgan fingerprint density at radius 1 is 0.967 bits per heavy atom. The molecule has 3 heterocycles. The van der Waals surface area contributed by atoms with Crippen LogP contribution in [-0.4, -0.2) is 22.5 Å². The zero-order valence-electron chi connectivity index (χ0n) is 16.9. The number of hydrogen-bond acceptors (Lipinski definition) is 5. The van der Waals surface area contributed by atoms with Crippen LogP contribution in [0.2, 0.25) is 0 Å². The Balaban J connectivity index is 1.72. The van der Waals surface area contributed by atoms with Gasteiger partial charge in [-0.1, -0.05) is 19.9 Å². The molecule has 0 amide bonds. The number of Topliss-reactive ketones (excluding diaryl/α,β-unsaturated/α-hetero) is 1. The molecule has 1 aliphatic heterocycles. The number of ether oxygens (including phenoxy) is 2. The predicted octanol–water partition coefficient (Wildman–Crippen LogP) is 5.33. The Morgan fingerprint density at radius 2 is 1.80 bits per heavy atom. The lowest BCUT2D eigenvalue weighted by atomic mass is 9.71. The van der Waals surface area contributed by atoms with E-state index in [2.05, 4.69) is 24.9 Å². The highest BCUT2D eigenvalue weighted by Crippen LogP contribution is 2.44. The molecule has 0 radical (unpaired) electrons. The molecule has 148 valence electrons. The summed E-state index contributed by atoms with van der Waals surface area (Å²) in [6.07, 6.45) is 3.12. The van der Waals surface area contributed by atoms with Gasteiger partial charge in [0.25, 0.3) is 0 Å². The number of hydrogen-bond donors (Lipinski definition) is 0. The van der Waals surface area contributed by atoms with Crippen molar-refractivity contribution in [2.24, 2.45) is 5.41 Å². The van der Waals surface area contributed by atoms with Crippen LogP contribution in [0.1, 0.15) is 36.2 Å². The van der Waals surface area contributed by atoms with Crippen molar-refractivity contribution < 1.29 is 14.3 Å². The minimum absolute atomic E-state index is 0.102. The highest BCUT2D eigenvalue weighted by molar-refractivity contribution is 6.14. The Morgan fingerprint density at radius 3 is 2.70 bits per heavy atom.